The minimum absolute atomic E-state index is 0.763. The Hall–Kier alpha value is -0.0800. The maximum atomic E-state index is 3.39. The summed E-state index contributed by atoms with van der Waals surface area (Å²) in [6, 6.07) is 0.763. The van der Waals surface area contributed by atoms with Gasteiger partial charge in [0.1, 0.15) is 0 Å². The molecule has 1 aliphatic carbocycles. The van der Waals surface area contributed by atoms with Crippen LogP contribution in [0, 0.1) is 5.92 Å². The molecule has 0 aromatic rings. The van der Waals surface area contributed by atoms with Gasteiger partial charge in [-0.1, -0.05) is 19.3 Å². The highest BCUT2D eigenvalue weighted by Crippen LogP contribution is 2.25. The van der Waals surface area contributed by atoms with Gasteiger partial charge in [-0.05, 0) is 38.8 Å². The van der Waals surface area contributed by atoms with Crippen molar-refractivity contribution in [2.75, 3.05) is 26.7 Å². The van der Waals surface area contributed by atoms with Gasteiger partial charge in [-0.3, -0.25) is 0 Å². The van der Waals surface area contributed by atoms with Crippen LogP contribution in [0.4, 0.5) is 0 Å². The van der Waals surface area contributed by atoms with Crippen molar-refractivity contribution in [3.05, 3.63) is 0 Å². The molecular weight excluding hydrogens is 172 g/mol. The molecule has 2 fully saturated rings. The third-order valence-electron chi connectivity index (χ3n) is 3.92. The van der Waals surface area contributed by atoms with E-state index in [4.69, 9.17) is 0 Å². The fourth-order valence-electron chi connectivity index (χ4n) is 2.97. The summed E-state index contributed by atoms with van der Waals surface area (Å²) in [5.41, 5.74) is 0. The van der Waals surface area contributed by atoms with Crippen LogP contribution in [0.5, 0.6) is 0 Å². The van der Waals surface area contributed by atoms with Crippen LogP contribution in [-0.4, -0.2) is 37.6 Å². The number of nitrogens with one attached hydrogen (secondary N) is 1. The number of likely N-dealkylation sites (tertiary alicyclic amines) is 1. The summed E-state index contributed by atoms with van der Waals surface area (Å²) in [6.45, 7) is 3.98. The van der Waals surface area contributed by atoms with Crippen molar-refractivity contribution in [1.29, 1.82) is 0 Å². The lowest BCUT2D eigenvalue weighted by Gasteiger charge is -2.26. The lowest BCUT2D eigenvalue weighted by Crippen LogP contribution is -2.33. The zero-order chi connectivity index (χ0) is 9.80. The van der Waals surface area contributed by atoms with E-state index in [9.17, 15) is 0 Å². The van der Waals surface area contributed by atoms with Gasteiger partial charge in [0.05, 0.1) is 0 Å². The molecule has 2 aliphatic rings. The third-order valence-corrected chi connectivity index (χ3v) is 3.92. The zero-order valence-corrected chi connectivity index (χ0v) is 9.47. The Kier molecular flexibility index (Phi) is 3.82. The molecule has 2 nitrogen and oxygen atoms in total. The fourth-order valence-corrected chi connectivity index (χ4v) is 2.97. The molecular formula is C12H24N2. The Balaban J connectivity index is 1.69. The molecule has 2 heteroatoms. The topological polar surface area (TPSA) is 15.3 Å². The van der Waals surface area contributed by atoms with Crippen LogP contribution >= 0.6 is 0 Å². The van der Waals surface area contributed by atoms with Gasteiger partial charge in [0.25, 0.3) is 0 Å². The number of nitrogens with zero attached hydrogens (tertiary/aromatic N) is 1. The molecule has 1 saturated heterocycles. The van der Waals surface area contributed by atoms with Crippen molar-refractivity contribution in [3.8, 4) is 0 Å². The first kappa shape index (κ1) is 10.4. The van der Waals surface area contributed by atoms with E-state index in [-0.39, 0.29) is 0 Å². The van der Waals surface area contributed by atoms with Crippen LogP contribution < -0.4 is 5.32 Å². The van der Waals surface area contributed by atoms with Crippen LogP contribution in [0.2, 0.25) is 0 Å². The van der Waals surface area contributed by atoms with E-state index in [2.05, 4.69) is 17.3 Å². The van der Waals surface area contributed by atoms with Crippen molar-refractivity contribution in [3.63, 3.8) is 0 Å². The van der Waals surface area contributed by atoms with E-state index < -0.39 is 0 Å². The number of hydrogen-bond acceptors (Lipinski definition) is 2. The van der Waals surface area contributed by atoms with E-state index in [0.29, 0.717) is 0 Å². The van der Waals surface area contributed by atoms with Gasteiger partial charge in [0.2, 0.25) is 0 Å². The quantitative estimate of drug-likeness (QED) is 0.741. The Morgan fingerprint density at radius 3 is 2.57 bits per heavy atom. The molecule has 0 radical (unpaired) electrons. The number of rotatable bonds is 3. The molecule has 0 aromatic heterocycles. The lowest BCUT2D eigenvalue weighted by atomic mass is 9.89. The second-order valence-corrected chi connectivity index (χ2v) is 5.04. The molecule has 14 heavy (non-hydrogen) atoms. The summed E-state index contributed by atoms with van der Waals surface area (Å²) in [6.07, 6.45) is 8.77. The van der Waals surface area contributed by atoms with Crippen LogP contribution in [0.1, 0.15) is 38.5 Å². The zero-order valence-electron chi connectivity index (χ0n) is 9.47. The summed E-state index contributed by atoms with van der Waals surface area (Å²) in [7, 11) is 2.09. The monoisotopic (exact) mass is 196 g/mol. The van der Waals surface area contributed by atoms with Gasteiger partial charge in [-0.15, -0.1) is 0 Å². The van der Waals surface area contributed by atoms with Crippen LogP contribution in [0.3, 0.4) is 0 Å². The molecule has 82 valence electrons. The highest BCUT2D eigenvalue weighted by molar-refractivity contribution is 4.81. The summed E-state index contributed by atoms with van der Waals surface area (Å²) in [5.74, 6) is 1.01. The predicted octanol–water partition coefficient (Wildman–Crippen LogP) is 1.86. The summed E-state index contributed by atoms with van der Waals surface area (Å²) in [5, 5.41) is 3.39. The van der Waals surface area contributed by atoms with E-state index in [1.54, 1.807) is 0 Å². The molecule has 1 atom stereocenters. The normalized spacial score (nSPS) is 31.1. The average Bonchev–Trinajstić information content (AvgIpc) is 2.67. The van der Waals surface area contributed by atoms with Gasteiger partial charge in [0.15, 0.2) is 0 Å². The van der Waals surface area contributed by atoms with Crippen LogP contribution in [0.15, 0.2) is 0 Å². The maximum absolute atomic E-state index is 3.39. The molecule has 0 unspecified atom stereocenters. The van der Waals surface area contributed by atoms with Crippen molar-refractivity contribution >= 4 is 0 Å². The molecule has 1 N–H and O–H groups in total. The fraction of sp³-hybridized carbons (Fsp3) is 1.00. The summed E-state index contributed by atoms with van der Waals surface area (Å²) < 4.78 is 0. The molecule has 1 aliphatic heterocycles. The average molecular weight is 196 g/mol. The van der Waals surface area contributed by atoms with Crippen molar-refractivity contribution in [1.82, 2.24) is 10.2 Å². The predicted molar refractivity (Wildman–Crippen MR) is 60.5 cm³/mol. The minimum atomic E-state index is 0.763. The van der Waals surface area contributed by atoms with Gasteiger partial charge in [0, 0.05) is 19.1 Å². The summed E-state index contributed by atoms with van der Waals surface area (Å²) in [4.78, 5) is 2.66. The van der Waals surface area contributed by atoms with Gasteiger partial charge < -0.3 is 10.2 Å². The highest BCUT2D eigenvalue weighted by atomic mass is 15.2. The molecule has 0 spiro atoms. The molecule has 1 saturated carbocycles. The van der Waals surface area contributed by atoms with Crippen LogP contribution in [0.25, 0.3) is 0 Å². The Labute approximate surface area is 88.1 Å². The molecule has 2 rings (SSSR count). The van der Waals surface area contributed by atoms with Crippen LogP contribution in [-0.2, 0) is 0 Å². The summed E-state index contributed by atoms with van der Waals surface area (Å²) >= 11 is 0. The first-order chi connectivity index (χ1) is 6.88. The largest absolute Gasteiger partial charge is 0.316 e. The molecule has 1 heterocycles. The van der Waals surface area contributed by atoms with E-state index in [1.165, 1.54) is 58.2 Å². The van der Waals surface area contributed by atoms with Crippen molar-refractivity contribution in [2.45, 2.75) is 44.6 Å². The van der Waals surface area contributed by atoms with Gasteiger partial charge in [-0.2, -0.15) is 0 Å². The lowest BCUT2D eigenvalue weighted by molar-refractivity contribution is 0.230. The number of hydrogen-bond donors (Lipinski definition) is 1. The standard InChI is InChI=1S/C12H24N2/c1-13-12-7-8-14(10-12)9-11-5-3-2-4-6-11/h11-13H,2-10H2,1H3/t12-/m1/s1. The first-order valence-electron chi connectivity index (χ1n) is 6.28. The molecule has 0 aromatic carbocycles. The third kappa shape index (κ3) is 2.71. The Morgan fingerprint density at radius 2 is 1.93 bits per heavy atom. The Bertz CT molecular complexity index is 164. The molecule has 0 bridgehead atoms. The van der Waals surface area contributed by atoms with Gasteiger partial charge in [-0.25, -0.2) is 0 Å². The second kappa shape index (κ2) is 5.13. The Morgan fingerprint density at radius 1 is 1.14 bits per heavy atom. The van der Waals surface area contributed by atoms with Gasteiger partial charge >= 0.3 is 0 Å². The first-order valence-corrected chi connectivity index (χ1v) is 6.28. The SMILES string of the molecule is CN[C@@H]1CCN(CC2CCCCC2)C1. The maximum Gasteiger partial charge on any atom is 0.0204 e. The number of likely N-dealkylation sites (N-methyl/N-ethyl adjacent to an activating group) is 1. The smallest absolute Gasteiger partial charge is 0.0204 e. The van der Waals surface area contributed by atoms with E-state index in [0.717, 1.165) is 12.0 Å². The van der Waals surface area contributed by atoms with Crippen molar-refractivity contribution in [2.24, 2.45) is 5.92 Å². The molecule has 0 amide bonds. The van der Waals surface area contributed by atoms with E-state index >= 15 is 0 Å². The minimum Gasteiger partial charge on any atom is -0.316 e. The highest BCUT2D eigenvalue weighted by Gasteiger charge is 2.24. The second-order valence-electron chi connectivity index (χ2n) is 5.04. The van der Waals surface area contributed by atoms with Crippen molar-refractivity contribution < 1.29 is 0 Å². The van der Waals surface area contributed by atoms with E-state index in [1.807, 2.05) is 0 Å².